The lowest BCUT2D eigenvalue weighted by Crippen LogP contribution is -2.14. The first-order valence-corrected chi connectivity index (χ1v) is 10.2. The van der Waals surface area contributed by atoms with E-state index in [1.54, 1.807) is 47.4 Å². The number of alkyl halides is 3. The van der Waals surface area contributed by atoms with Crippen LogP contribution in [0.2, 0.25) is 0 Å². The van der Waals surface area contributed by atoms with Gasteiger partial charge in [0.2, 0.25) is 0 Å². The summed E-state index contributed by atoms with van der Waals surface area (Å²) in [5, 5.41) is 7.13. The van der Waals surface area contributed by atoms with Crippen LogP contribution in [0.3, 0.4) is 0 Å². The zero-order valence-electron chi connectivity index (χ0n) is 17.5. The van der Waals surface area contributed by atoms with Gasteiger partial charge < -0.3 is 5.32 Å². The standard InChI is InChI=1S/C25H16F3N5O/c26-25(27,28)18-7-3-6-17(13-18)24(34)32-19-8-4-5-16(14-19)22-10-12-30-23-20(15-31-33(22)23)21-9-1-2-11-29-21/h1-15H,(H,32,34). The fraction of sp³-hybridized carbons (Fsp3) is 0.0400. The molecular weight excluding hydrogens is 443 g/mol. The number of carbonyl (C=O) groups excluding carboxylic acids is 1. The predicted octanol–water partition coefficient (Wildman–Crippen LogP) is 5.73. The number of anilines is 1. The zero-order valence-corrected chi connectivity index (χ0v) is 17.5. The van der Waals surface area contributed by atoms with E-state index in [1.165, 1.54) is 12.1 Å². The average molecular weight is 459 g/mol. The van der Waals surface area contributed by atoms with Crippen molar-refractivity contribution >= 4 is 17.2 Å². The normalized spacial score (nSPS) is 11.5. The average Bonchev–Trinajstić information content (AvgIpc) is 3.29. The van der Waals surface area contributed by atoms with Crippen molar-refractivity contribution in [1.29, 1.82) is 0 Å². The fourth-order valence-electron chi connectivity index (χ4n) is 3.61. The third-order valence-corrected chi connectivity index (χ3v) is 5.21. The van der Waals surface area contributed by atoms with Gasteiger partial charge in [0.25, 0.3) is 5.91 Å². The van der Waals surface area contributed by atoms with E-state index >= 15 is 0 Å². The van der Waals surface area contributed by atoms with Crippen LogP contribution in [0.25, 0.3) is 28.2 Å². The molecule has 0 bridgehead atoms. The molecule has 0 aliphatic carbocycles. The lowest BCUT2D eigenvalue weighted by Gasteiger charge is -2.11. The quantitative estimate of drug-likeness (QED) is 0.373. The number of amides is 1. The molecule has 0 aliphatic heterocycles. The molecule has 34 heavy (non-hydrogen) atoms. The molecule has 0 spiro atoms. The van der Waals surface area contributed by atoms with Crippen LogP contribution in [-0.2, 0) is 6.18 Å². The topological polar surface area (TPSA) is 72.2 Å². The maximum absolute atomic E-state index is 13.0. The van der Waals surface area contributed by atoms with Crippen LogP contribution in [0.1, 0.15) is 15.9 Å². The fourth-order valence-corrected chi connectivity index (χ4v) is 3.61. The maximum atomic E-state index is 13.0. The molecule has 0 radical (unpaired) electrons. The molecule has 0 fully saturated rings. The van der Waals surface area contributed by atoms with Crippen molar-refractivity contribution in [1.82, 2.24) is 19.6 Å². The van der Waals surface area contributed by atoms with Crippen molar-refractivity contribution in [3.05, 3.63) is 103 Å². The number of pyridine rings is 1. The lowest BCUT2D eigenvalue weighted by molar-refractivity contribution is -0.137. The number of fused-ring (bicyclic) bond motifs is 1. The number of hydrogen-bond acceptors (Lipinski definition) is 4. The Morgan fingerprint density at radius 1 is 0.882 bits per heavy atom. The number of rotatable bonds is 4. The van der Waals surface area contributed by atoms with E-state index in [0.29, 0.717) is 11.3 Å². The first-order chi connectivity index (χ1) is 16.4. The molecule has 0 aliphatic rings. The van der Waals surface area contributed by atoms with Gasteiger partial charge in [-0.1, -0.05) is 24.3 Å². The minimum atomic E-state index is -4.53. The van der Waals surface area contributed by atoms with E-state index in [0.717, 1.165) is 34.6 Å². The molecular formula is C25H16F3N5O. The van der Waals surface area contributed by atoms with Crippen LogP contribution < -0.4 is 5.32 Å². The second-order valence-corrected chi connectivity index (χ2v) is 7.45. The van der Waals surface area contributed by atoms with Crippen LogP contribution in [0.5, 0.6) is 0 Å². The first kappa shape index (κ1) is 21.3. The number of nitrogens with zero attached hydrogens (tertiary/aromatic N) is 4. The Hall–Kier alpha value is -4.53. The summed E-state index contributed by atoms with van der Waals surface area (Å²) in [6, 6.07) is 18.6. The van der Waals surface area contributed by atoms with E-state index in [1.807, 2.05) is 24.3 Å². The molecule has 1 N–H and O–H groups in total. The van der Waals surface area contributed by atoms with E-state index in [4.69, 9.17) is 0 Å². The van der Waals surface area contributed by atoms with E-state index in [2.05, 4.69) is 20.4 Å². The Bertz CT molecular complexity index is 1500. The summed E-state index contributed by atoms with van der Waals surface area (Å²) in [6.07, 6.45) is 0.514. The van der Waals surface area contributed by atoms with Gasteiger partial charge in [0.1, 0.15) is 0 Å². The van der Waals surface area contributed by atoms with E-state index in [9.17, 15) is 18.0 Å². The molecule has 168 valence electrons. The van der Waals surface area contributed by atoms with Crippen LogP contribution in [0.15, 0.2) is 91.4 Å². The Morgan fingerprint density at radius 2 is 1.74 bits per heavy atom. The van der Waals surface area contributed by atoms with Crippen molar-refractivity contribution in [2.75, 3.05) is 5.32 Å². The highest BCUT2D eigenvalue weighted by molar-refractivity contribution is 6.04. The van der Waals surface area contributed by atoms with Crippen molar-refractivity contribution in [3.63, 3.8) is 0 Å². The van der Waals surface area contributed by atoms with Crippen molar-refractivity contribution < 1.29 is 18.0 Å². The van der Waals surface area contributed by atoms with Crippen molar-refractivity contribution in [2.24, 2.45) is 0 Å². The largest absolute Gasteiger partial charge is 0.416 e. The molecule has 0 unspecified atom stereocenters. The van der Waals surface area contributed by atoms with Crippen LogP contribution >= 0.6 is 0 Å². The molecule has 5 aromatic rings. The highest BCUT2D eigenvalue weighted by Crippen LogP contribution is 2.30. The molecule has 1 amide bonds. The molecule has 0 saturated heterocycles. The summed E-state index contributed by atoms with van der Waals surface area (Å²) in [5.74, 6) is -0.639. The number of benzene rings is 2. The highest BCUT2D eigenvalue weighted by atomic mass is 19.4. The number of carbonyl (C=O) groups is 1. The molecule has 0 atom stereocenters. The van der Waals surface area contributed by atoms with Gasteiger partial charge in [0, 0.05) is 29.2 Å². The summed E-state index contributed by atoms with van der Waals surface area (Å²) in [4.78, 5) is 21.4. The smallest absolute Gasteiger partial charge is 0.322 e. The van der Waals surface area contributed by atoms with E-state index in [-0.39, 0.29) is 5.56 Å². The number of hydrogen-bond donors (Lipinski definition) is 1. The third kappa shape index (κ3) is 4.11. The molecule has 6 nitrogen and oxygen atoms in total. The van der Waals surface area contributed by atoms with Gasteiger partial charge in [-0.2, -0.15) is 18.3 Å². The summed E-state index contributed by atoms with van der Waals surface area (Å²) >= 11 is 0. The van der Waals surface area contributed by atoms with E-state index < -0.39 is 17.6 Å². The van der Waals surface area contributed by atoms with Crippen molar-refractivity contribution in [2.45, 2.75) is 6.18 Å². The highest BCUT2D eigenvalue weighted by Gasteiger charge is 2.30. The lowest BCUT2D eigenvalue weighted by atomic mass is 10.1. The molecule has 2 aromatic carbocycles. The second kappa shape index (κ2) is 8.43. The van der Waals surface area contributed by atoms with Crippen molar-refractivity contribution in [3.8, 4) is 22.5 Å². The first-order valence-electron chi connectivity index (χ1n) is 10.2. The monoisotopic (exact) mass is 459 g/mol. The zero-order chi connectivity index (χ0) is 23.7. The minimum absolute atomic E-state index is 0.0846. The van der Waals surface area contributed by atoms with Gasteiger partial charge in [-0.15, -0.1) is 0 Å². The molecule has 5 rings (SSSR count). The molecule has 9 heteroatoms. The third-order valence-electron chi connectivity index (χ3n) is 5.21. The summed E-state index contributed by atoms with van der Waals surface area (Å²) in [7, 11) is 0. The number of halogens is 3. The Balaban J connectivity index is 1.46. The van der Waals surface area contributed by atoms with Crippen LogP contribution in [0, 0.1) is 0 Å². The van der Waals surface area contributed by atoms with Crippen LogP contribution in [-0.4, -0.2) is 25.5 Å². The molecule has 3 aromatic heterocycles. The van der Waals surface area contributed by atoms with Crippen LogP contribution in [0.4, 0.5) is 18.9 Å². The second-order valence-electron chi connectivity index (χ2n) is 7.45. The Kier molecular flexibility index (Phi) is 5.29. The van der Waals surface area contributed by atoms with Gasteiger partial charge in [0.15, 0.2) is 5.65 Å². The Labute approximate surface area is 191 Å². The summed E-state index contributed by atoms with van der Waals surface area (Å²) in [6.45, 7) is 0. The minimum Gasteiger partial charge on any atom is -0.322 e. The SMILES string of the molecule is O=C(Nc1cccc(-c2ccnc3c(-c4ccccn4)cnn23)c1)c1cccc(C(F)(F)F)c1. The number of aromatic nitrogens is 4. The summed E-state index contributed by atoms with van der Waals surface area (Å²) in [5.41, 5.74) is 3.07. The van der Waals surface area contributed by atoms with Gasteiger partial charge in [0.05, 0.1) is 28.7 Å². The Morgan fingerprint density at radius 3 is 2.53 bits per heavy atom. The molecule has 3 heterocycles. The number of nitrogens with one attached hydrogen (secondary N) is 1. The summed E-state index contributed by atoms with van der Waals surface area (Å²) < 4.78 is 40.6. The van der Waals surface area contributed by atoms with Gasteiger partial charge in [-0.05, 0) is 48.5 Å². The molecule has 0 saturated carbocycles. The van der Waals surface area contributed by atoms with Gasteiger partial charge in [-0.3, -0.25) is 9.78 Å². The van der Waals surface area contributed by atoms with Gasteiger partial charge in [-0.25, -0.2) is 9.50 Å². The predicted molar refractivity (Wildman–Crippen MR) is 121 cm³/mol. The van der Waals surface area contributed by atoms with Gasteiger partial charge >= 0.3 is 6.18 Å². The maximum Gasteiger partial charge on any atom is 0.416 e.